The molecular weight excluding hydrogens is 192 g/mol. The molecule has 4 heteroatoms. The van der Waals surface area contributed by atoms with E-state index in [9.17, 15) is 4.79 Å². The van der Waals surface area contributed by atoms with E-state index < -0.39 is 5.97 Å². The average Bonchev–Trinajstić information content (AvgIpc) is 2.30. The first-order valence-electron chi connectivity index (χ1n) is 4.49. The van der Waals surface area contributed by atoms with E-state index >= 15 is 0 Å². The standard InChI is InChI=1S/C11H10N2O2/c14-11(15)8-4-6-13-10(7-8)9-3-1-2-5-12-9/h1-7,12-13H,(H,14,15). The summed E-state index contributed by atoms with van der Waals surface area (Å²) in [6.07, 6.45) is 12.1. The summed E-state index contributed by atoms with van der Waals surface area (Å²) in [6.45, 7) is 0. The fourth-order valence-corrected chi connectivity index (χ4v) is 1.32. The summed E-state index contributed by atoms with van der Waals surface area (Å²) >= 11 is 0. The van der Waals surface area contributed by atoms with Crippen molar-refractivity contribution >= 4 is 5.97 Å². The predicted molar refractivity (Wildman–Crippen MR) is 56.4 cm³/mol. The molecule has 0 spiro atoms. The van der Waals surface area contributed by atoms with E-state index in [1.165, 1.54) is 6.08 Å². The van der Waals surface area contributed by atoms with Crippen LogP contribution in [-0.4, -0.2) is 11.1 Å². The normalized spacial score (nSPS) is 23.1. The van der Waals surface area contributed by atoms with Crippen LogP contribution in [0.4, 0.5) is 0 Å². The smallest absolute Gasteiger partial charge is 0.335 e. The molecule has 2 aliphatic heterocycles. The van der Waals surface area contributed by atoms with Gasteiger partial charge in [-0.1, -0.05) is 6.08 Å². The Morgan fingerprint density at radius 1 is 1.07 bits per heavy atom. The highest BCUT2D eigenvalue weighted by Gasteiger charge is 2.10. The summed E-state index contributed by atoms with van der Waals surface area (Å²) in [5, 5.41) is 14.8. The Bertz CT molecular complexity index is 440. The van der Waals surface area contributed by atoms with E-state index in [2.05, 4.69) is 10.6 Å². The zero-order valence-corrected chi connectivity index (χ0v) is 7.90. The summed E-state index contributed by atoms with van der Waals surface area (Å²) < 4.78 is 0. The van der Waals surface area contributed by atoms with E-state index in [0.29, 0.717) is 0 Å². The Kier molecular flexibility index (Phi) is 2.41. The molecule has 0 saturated heterocycles. The van der Waals surface area contributed by atoms with Gasteiger partial charge in [-0.05, 0) is 24.3 Å². The van der Waals surface area contributed by atoms with Crippen molar-refractivity contribution in [1.82, 2.24) is 10.6 Å². The van der Waals surface area contributed by atoms with Gasteiger partial charge in [-0.3, -0.25) is 0 Å². The van der Waals surface area contributed by atoms with Crippen molar-refractivity contribution in [2.45, 2.75) is 0 Å². The first-order valence-corrected chi connectivity index (χ1v) is 4.49. The minimum atomic E-state index is -0.929. The Morgan fingerprint density at radius 3 is 2.53 bits per heavy atom. The average molecular weight is 202 g/mol. The molecule has 0 fully saturated rings. The molecule has 2 heterocycles. The minimum absolute atomic E-state index is 0.265. The molecule has 0 aromatic heterocycles. The molecule has 0 amide bonds. The minimum Gasteiger partial charge on any atom is -0.478 e. The quantitative estimate of drug-likeness (QED) is 0.593. The lowest BCUT2D eigenvalue weighted by molar-refractivity contribution is -0.132. The highest BCUT2D eigenvalue weighted by Crippen LogP contribution is 2.12. The van der Waals surface area contributed by atoms with E-state index in [4.69, 9.17) is 5.11 Å². The summed E-state index contributed by atoms with van der Waals surface area (Å²) in [6, 6.07) is 0. The number of allylic oxidation sites excluding steroid dienone is 4. The van der Waals surface area contributed by atoms with Gasteiger partial charge in [-0.15, -0.1) is 0 Å². The SMILES string of the molecule is O=C(O)C1=CC(=C2C=CC=CN2)NC=C1. The van der Waals surface area contributed by atoms with Crippen LogP contribution in [0.2, 0.25) is 0 Å². The van der Waals surface area contributed by atoms with Crippen LogP contribution in [0.5, 0.6) is 0 Å². The number of nitrogens with one attached hydrogen (secondary N) is 2. The molecule has 0 aromatic rings. The fraction of sp³-hybridized carbons (Fsp3) is 0. The zero-order chi connectivity index (χ0) is 10.7. The molecule has 0 atom stereocenters. The number of carboxylic acids is 1. The maximum Gasteiger partial charge on any atom is 0.335 e. The number of carbonyl (C=O) groups is 1. The van der Waals surface area contributed by atoms with Crippen LogP contribution in [0.3, 0.4) is 0 Å². The monoisotopic (exact) mass is 202 g/mol. The number of carboxylic acid groups (broad SMARTS) is 1. The summed E-state index contributed by atoms with van der Waals surface area (Å²) in [5.41, 5.74) is 1.86. The van der Waals surface area contributed by atoms with Gasteiger partial charge in [0.05, 0.1) is 17.0 Å². The van der Waals surface area contributed by atoms with Gasteiger partial charge in [0.1, 0.15) is 0 Å². The molecule has 76 valence electrons. The van der Waals surface area contributed by atoms with Crippen LogP contribution >= 0.6 is 0 Å². The van der Waals surface area contributed by atoms with Crippen LogP contribution in [0.15, 0.2) is 59.7 Å². The molecule has 0 saturated carbocycles. The third-order valence-corrected chi connectivity index (χ3v) is 2.05. The van der Waals surface area contributed by atoms with Crippen LogP contribution in [0.25, 0.3) is 0 Å². The highest BCUT2D eigenvalue weighted by atomic mass is 16.4. The number of hydrogen-bond donors (Lipinski definition) is 3. The Balaban J connectivity index is 2.32. The van der Waals surface area contributed by atoms with Gasteiger partial charge >= 0.3 is 5.97 Å². The van der Waals surface area contributed by atoms with Crippen molar-refractivity contribution in [3.63, 3.8) is 0 Å². The van der Waals surface area contributed by atoms with Gasteiger partial charge < -0.3 is 15.7 Å². The van der Waals surface area contributed by atoms with E-state index in [0.717, 1.165) is 11.4 Å². The van der Waals surface area contributed by atoms with Crippen LogP contribution in [-0.2, 0) is 4.79 Å². The van der Waals surface area contributed by atoms with E-state index in [1.54, 1.807) is 18.5 Å². The van der Waals surface area contributed by atoms with Crippen molar-refractivity contribution in [2.75, 3.05) is 0 Å². The van der Waals surface area contributed by atoms with Gasteiger partial charge in [0.2, 0.25) is 0 Å². The molecule has 0 bridgehead atoms. The van der Waals surface area contributed by atoms with Crippen molar-refractivity contribution in [3.05, 3.63) is 59.7 Å². The molecule has 0 radical (unpaired) electrons. The van der Waals surface area contributed by atoms with Crippen LogP contribution < -0.4 is 10.6 Å². The highest BCUT2D eigenvalue weighted by molar-refractivity contribution is 5.90. The maximum atomic E-state index is 10.8. The molecular formula is C11H10N2O2. The van der Waals surface area contributed by atoms with E-state index in [1.807, 2.05) is 18.2 Å². The second kappa shape index (κ2) is 3.88. The summed E-state index contributed by atoms with van der Waals surface area (Å²) in [5.74, 6) is -0.929. The summed E-state index contributed by atoms with van der Waals surface area (Å²) in [7, 11) is 0. The second-order valence-electron chi connectivity index (χ2n) is 3.07. The number of rotatable bonds is 1. The largest absolute Gasteiger partial charge is 0.478 e. The first-order chi connectivity index (χ1) is 7.27. The zero-order valence-electron chi connectivity index (χ0n) is 7.90. The molecule has 0 aromatic carbocycles. The third kappa shape index (κ3) is 1.99. The van der Waals surface area contributed by atoms with Gasteiger partial charge in [0.25, 0.3) is 0 Å². The predicted octanol–water partition coefficient (Wildman–Crippen LogP) is 0.999. The first kappa shape index (κ1) is 9.33. The van der Waals surface area contributed by atoms with Crippen LogP contribution in [0.1, 0.15) is 0 Å². The molecule has 2 rings (SSSR count). The molecule has 2 aliphatic rings. The number of dihydropyridines is 2. The topological polar surface area (TPSA) is 61.4 Å². The molecule has 3 N–H and O–H groups in total. The second-order valence-corrected chi connectivity index (χ2v) is 3.07. The lowest BCUT2D eigenvalue weighted by Crippen LogP contribution is -2.18. The van der Waals surface area contributed by atoms with Gasteiger partial charge in [-0.2, -0.15) is 0 Å². The van der Waals surface area contributed by atoms with Crippen molar-refractivity contribution in [2.24, 2.45) is 0 Å². The van der Waals surface area contributed by atoms with Crippen molar-refractivity contribution < 1.29 is 9.90 Å². The van der Waals surface area contributed by atoms with Crippen molar-refractivity contribution in [1.29, 1.82) is 0 Å². The van der Waals surface area contributed by atoms with Crippen molar-refractivity contribution in [3.8, 4) is 0 Å². The lowest BCUT2D eigenvalue weighted by atomic mass is 10.1. The Hall–Kier alpha value is -2.23. The van der Waals surface area contributed by atoms with Gasteiger partial charge in [-0.25, -0.2) is 4.79 Å². The Morgan fingerprint density at radius 2 is 1.87 bits per heavy atom. The summed E-state index contributed by atoms with van der Waals surface area (Å²) in [4.78, 5) is 10.8. The number of hydrogen-bond acceptors (Lipinski definition) is 3. The lowest BCUT2D eigenvalue weighted by Gasteiger charge is -2.14. The van der Waals surface area contributed by atoms with E-state index in [-0.39, 0.29) is 5.57 Å². The molecule has 0 aliphatic carbocycles. The molecule has 0 unspecified atom stereocenters. The van der Waals surface area contributed by atoms with Gasteiger partial charge in [0, 0.05) is 12.4 Å². The fourth-order valence-electron chi connectivity index (χ4n) is 1.32. The Labute approximate surface area is 87.0 Å². The van der Waals surface area contributed by atoms with Crippen LogP contribution in [0, 0.1) is 0 Å². The number of aliphatic carboxylic acids is 1. The van der Waals surface area contributed by atoms with Gasteiger partial charge in [0.15, 0.2) is 0 Å². The molecule has 4 nitrogen and oxygen atoms in total. The third-order valence-electron chi connectivity index (χ3n) is 2.05. The maximum absolute atomic E-state index is 10.8. The molecule has 15 heavy (non-hydrogen) atoms.